The zero-order valence-electron chi connectivity index (χ0n) is 18.8. The van der Waals surface area contributed by atoms with Crippen molar-refractivity contribution in [2.24, 2.45) is 0 Å². The number of methoxy groups -OCH3 is 1. The lowest BCUT2D eigenvalue weighted by atomic mass is 9.86. The van der Waals surface area contributed by atoms with Gasteiger partial charge in [-0.1, -0.05) is 29.4 Å². The van der Waals surface area contributed by atoms with Crippen LogP contribution in [0.2, 0.25) is 0 Å². The standard InChI is InChI=1S/C27H23N3O4/c1-33-27(32)16-9-11-17(12-10-16)28-20-15-21(30-13-5-2-6-14-30)24-23-22(20)25(31)18-7-3-4-8-19(18)26(23)34-29-24/h3-4,7-12,15,28H,2,5-6,13-14H2,1H3. The van der Waals surface area contributed by atoms with E-state index in [-0.39, 0.29) is 5.78 Å². The average Bonchev–Trinajstić information content (AvgIpc) is 3.33. The van der Waals surface area contributed by atoms with Crippen LogP contribution >= 0.6 is 0 Å². The maximum absolute atomic E-state index is 13.7. The lowest BCUT2D eigenvalue weighted by Gasteiger charge is -2.30. The van der Waals surface area contributed by atoms with Crippen molar-refractivity contribution < 1.29 is 18.8 Å². The molecule has 0 saturated carbocycles. The molecule has 0 amide bonds. The topological polar surface area (TPSA) is 84.7 Å². The minimum Gasteiger partial charge on any atom is -0.465 e. The molecule has 1 saturated heterocycles. The number of esters is 1. The summed E-state index contributed by atoms with van der Waals surface area (Å²) in [6.45, 7) is 1.88. The van der Waals surface area contributed by atoms with Crippen molar-refractivity contribution in [3.8, 4) is 11.3 Å². The number of rotatable bonds is 4. The molecule has 0 radical (unpaired) electrons. The molecule has 7 heteroatoms. The largest absolute Gasteiger partial charge is 0.465 e. The number of hydrogen-bond acceptors (Lipinski definition) is 7. The van der Waals surface area contributed by atoms with Crippen LogP contribution in [0.1, 0.15) is 45.5 Å². The van der Waals surface area contributed by atoms with Gasteiger partial charge in [-0.25, -0.2) is 4.79 Å². The van der Waals surface area contributed by atoms with Gasteiger partial charge in [-0.2, -0.15) is 0 Å². The molecule has 34 heavy (non-hydrogen) atoms. The van der Waals surface area contributed by atoms with Crippen LogP contribution in [0, 0.1) is 0 Å². The molecule has 1 aliphatic heterocycles. The van der Waals surface area contributed by atoms with Crippen molar-refractivity contribution in [1.82, 2.24) is 5.16 Å². The van der Waals surface area contributed by atoms with Crippen LogP contribution in [0.15, 0.2) is 59.1 Å². The van der Waals surface area contributed by atoms with Crippen molar-refractivity contribution in [3.63, 3.8) is 0 Å². The molecule has 6 rings (SSSR count). The molecule has 0 unspecified atom stereocenters. The fraction of sp³-hybridized carbons (Fsp3) is 0.222. The maximum Gasteiger partial charge on any atom is 0.337 e. The molecular weight excluding hydrogens is 430 g/mol. The number of nitrogens with zero attached hydrogens (tertiary/aromatic N) is 2. The van der Waals surface area contributed by atoms with Crippen LogP contribution < -0.4 is 10.2 Å². The number of benzene rings is 3. The van der Waals surface area contributed by atoms with E-state index in [1.54, 1.807) is 24.3 Å². The van der Waals surface area contributed by atoms with Crippen LogP contribution in [0.5, 0.6) is 0 Å². The van der Waals surface area contributed by atoms with Gasteiger partial charge in [0.2, 0.25) is 0 Å². The third-order valence-corrected chi connectivity index (χ3v) is 6.66. The van der Waals surface area contributed by atoms with Crippen molar-refractivity contribution in [2.75, 3.05) is 30.4 Å². The second-order valence-electron chi connectivity index (χ2n) is 8.67. The molecule has 1 aliphatic carbocycles. The van der Waals surface area contributed by atoms with Gasteiger partial charge in [-0.15, -0.1) is 0 Å². The van der Waals surface area contributed by atoms with E-state index in [1.165, 1.54) is 13.5 Å². The first-order valence-electron chi connectivity index (χ1n) is 11.5. The van der Waals surface area contributed by atoms with Gasteiger partial charge in [-0.3, -0.25) is 4.79 Å². The number of anilines is 3. The number of fused-ring (bicyclic) bond motifs is 2. The number of hydrogen-bond donors (Lipinski definition) is 1. The summed E-state index contributed by atoms with van der Waals surface area (Å²) in [7, 11) is 1.36. The van der Waals surface area contributed by atoms with Gasteiger partial charge < -0.3 is 19.5 Å². The summed E-state index contributed by atoms with van der Waals surface area (Å²) in [4.78, 5) is 27.8. The Hall–Kier alpha value is -4.13. The van der Waals surface area contributed by atoms with Crippen LogP contribution in [0.25, 0.3) is 22.2 Å². The highest BCUT2D eigenvalue weighted by atomic mass is 16.5. The Morgan fingerprint density at radius 3 is 2.50 bits per heavy atom. The molecule has 2 heterocycles. The molecule has 0 spiro atoms. The summed E-state index contributed by atoms with van der Waals surface area (Å²) in [5.74, 6) is 0.176. The lowest BCUT2D eigenvalue weighted by Crippen LogP contribution is -2.29. The summed E-state index contributed by atoms with van der Waals surface area (Å²) in [5, 5.41) is 8.61. The number of ether oxygens (including phenoxy) is 1. The Labute approximate surface area is 196 Å². The Morgan fingerprint density at radius 1 is 1.03 bits per heavy atom. The predicted octanol–water partition coefficient (Wildman–Crippen LogP) is 5.56. The monoisotopic (exact) mass is 453 g/mol. The molecular formula is C27H23N3O4. The van der Waals surface area contributed by atoms with Gasteiger partial charge in [0.05, 0.1) is 35.0 Å². The second kappa shape index (κ2) is 8.02. The molecule has 2 aliphatic rings. The third kappa shape index (κ3) is 3.15. The molecule has 170 valence electrons. The molecule has 4 aromatic rings. The van der Waals surface area contributed by atoms with Gasteiger partial charge >= 0.3 is 5.97 Å². The van der Waals surface area contributed by atoms with E-state index >= 15 is 0 Å². The zero-order chi connectivity index (χ0) is 23.2. The summed E-state index contributed by atoms with van der Waals surface area (Å²) >= 11 is 0. The average molecular weight is 453 g/mol. The molecule has 0 atom stereocenters. The number of nitrogens with one attached hydrogen (secondary N) is 1. The normalized spacial score (nSPS) is 14.7. The third-order valence-electron chi connectivity index (χ3n) is 6.66. The van der Waals surface area contributed by atoms with Crippen molar-refractivity contribution >= 4 is 39.7 Å². The minimum absolute atomic E-state index is 0.0600. The number of carbonyl (C=O) groups is 2. The highest BCUT2D eigenvalue weighted by Gasteiger charge is 2.33. The Bertz CT molecular complexity index is 1430. The van der Waals surface area contributed by atoms with Gasteiger partial charge in [0.25, 0.3) is 0 Å². The van der Waals surface area contributed by atoms with Crippen LogP contribution in [0.3, 0.4) is 0 Å². The number of ketones is 1. The highest BCUT2D eigenvalue weighted by Crippen LogP contribution is 2.46. The number of aromatic nitrogens is 1. The van der Waals surface area contributed by atoms with E-state index < -0.39 is 5.97 Å². The molecule has 1 fully saturated rings. The fourth-order valence-electron chi connectivity index (χ4n) is 4.98. The van der Waals surface area contributed by atoms with E-state index in [2.05, 4.69) is 15.4 Å². The summed E-state index contributed by atoms with van der Waals surface area (Å²) in [6, 6.07) is 16.5. The minimum atomic E-state index is -0.392. The predicted molar refractivity (Wildman–Crippen MR) is 130 cm³/mol. The first-order chi connectivity index (χ1) is 16.7. The lowest BCUT2D eigenvalue weighted by molar-refractivity contribution is 0.0600. The van der Waals surface area contributed by atoms with E-state index in [1.807, 2.05) is 30.3 Å². The Balaban J connectivity index is 1.53. The van der Waals surface area contributed by atoms with E-state index in [9.17, 15) is 9.59 Å². The summed E-state index contributed by atoms with van der Waals surface area (Å²) < 4.78 is 10.6. The molecule has 7 nitrogen and oxygen atoms in total. The SMILES string of the molecule is COC(=O)c1ccc(Nc2cc(N3CCCCC3)c3noc4c3c2C(=O)c2ccccc2-4)cc1. The van der Waals surface area contributed by atoms with E-state index in [4.69, 9.17) is 9.26 Å². The van der Waals surface area contributed by atoms with Crippen molar-refractivity contribution in [2.45, 2.75) is 19.3 Å². The summed E-state index contributed by atoms with van der Waals surface area (Å²) in [6.07, 6.45) is 3.45. The number of piperidine rings is 1. The second-order valence-corrected chi connectivity index (χ2v) is 8.67. The molecule has 1 aromatic heterocycles. The van der Waals surface area contributed by atoms with Gasteiger partial charge in [0.15, 0.2) is 11.5 Å². The van der Waals surface area contributed by atoms with Crippen LogP contribution in [0.4, 0.5) is 17.1 Å². The van der Waals surface area contributed by atoms with E-state index in [0.29, 0.717) is 28.1 Å². The van der Waals surface area contributed by atoms with Crippen LogP contribution in [-0.4, -0.2) is 37.1 Å². The Morgan fingerprint density at radius 2 is 1.76 bits per heavy atom. The van der Waals surface area contributed by atoms with Gasteiger partial charge in [0.1, 0.15) is 5.52 Å². The molecule has 0 bridgehead atoms. The molecule has 3 aromatic carbocycles. The van der Waals surface area contributed by atoms with Gasteiger partial charge in [-0.05, 0) is 49.6 Å². The quantitative estimate of drug-likeness (QED) is 0.357. The Kier molecular flexibility index (Phi) is 4.83. The summed E-state index contributed by atoms with van der Waals surface area (Å²) in [5.41, 5.74) is 5.54. The van der Waals surface area contributed by atoms with Gasteiger partial charge in [0, 0.05) is 29.9 Å². The van der Waals surface area contributed by atoms with Crippen molar-refractivity contribution in [1.29, 1.82) is 0 Å². The first kappa shape index (κ1) is 20.5. The first-order valence-corrected chi connectivity index (χ1v) is 11.5. The van der Waals surface area contributed by atoms with Crippen LogP contribution in [-0.2, 0) is 4.74 Å². The maximum atomic E-state index is 13.7. The highest BCUT2D eigenvalue weighted by molar-refractivity contribution is 6.28. The molecule has 1 N–H and O–H groups in total. The zero-order valence-corrected chi connectivity index (χ0v) is 18.8. The fourth-order valence-corrected chi connectivity index (χ4v) is 4.98. The number of carbonyl (C=O) groups excluding carboxylic acids is 2. The van der Waals surface area contributed by atoms with E-state index in [0.717, 1.165) is 53.8 Å². The van der Waals surface area contributed by atoms with Crippen molar-refractivity contribution in [3.05, 3.63) is 71.3 Å². The smallest absolute Gasteiger partial charge is 0.337 e.